The zero-order valence-electron chi connectivity index (χ0n) is 6.92. The van der Waals surface area contributed by atoms with Crippen molar-refractivity contribution in [3.05, 3.63) is 36.0 Å². The van der Waals surface area contributed by atoms with Crippen LogP contribution < -0.4 is 11.1 Å². The van der Waals surface area contributed by atoms with Crippen LogP contribution in [0.5, 0.6) is 0 Å². The van der Waals surface area contributed by atoms with Gasteiger partial charge in [-0.05, 0) is 12.2 Å². The molecule has 0 heterocycles. The Balaban J connectivity index is 4.24. The lowest BCUT2D eigenvalue weighted by Crippen LogP contribution is -2.27. The summed E-state index contributed by atoms with van der Waals surface area (Å²) < 4.78 is 0. The van der Waals surface area contributed by atoms with Crippen LogP contribution in [-0.2, 0) is 0 Å². The molecule has 0 fully saturated rings. The number of aliphatic imine (C=N–C) groups is 1. The molecular formula is C8H9ClN4. The van der Waals surface area contributed by atoms with E-state index in [2.05, 4.69) is 23.5 Å². The quantitative estimate of drug-likeness (QED) is 0.234. The Morgan fingerprint density at radius 2 is 2.15 bits per heavy atom. The summed E-state index contributed by atoms with van der Waals surface area (Å²) in [5.41, 5.74) is 5.63. The van der Waals surface area contributed by atoms with Gasteiger partial charge in [-0.3, -0.25) is 5.32 Å². The van der Waals surface area contributed by atoms with Gasteiger partial charge in [-0.2, -0.15) is 5.26 Å². The molecule has 0 atom stereocenters. The number of hydrogen-bond acceptors (Lipinski definition) is 2. The molecule has 5 heteroatoms. The first-order chi connectivity index (χ1) is 6.06. The van der Waals surface area contributed by atoms with E-state index >= 15 is 0 Å². The molecule has 13 heavy (non-hydrogen) atoms. The minimum absolute atomic E-state index is 0.0164. The maximum Gasteiger partial charge on any atom is 0.207 e. The summed E-state index contributed by atoms with van der Waals surface area (Å²) >= 11 is 5.45. The Kier molecular flexibility index (Phi) is 5.08. The van der Waals surface area contributed by atoms with Crippen molar-refractivity contribution in [3.8, 4) is 6.19 Å². The van der Waals surface area contributed by atoms with Crippen LogP contribution in [0.15, 0.2) is 41.0 Å². The molecule has 0 aromatic carbocycles. The van der Waals surface area contributed by atoms with Crippen molar-refractivity contribution in [1.29, 1.82) is 5.26 Å². The molecule has 68 valence electrons. The summed E-state index contributed by atoms with van der Waals surface area (Å²) in [6.07, 6.45) is 4.67. The summed E-state index contributed by atoms with van der Waals surface area (Å²) in [6, 6.07) is 0. The minimum atomic E-state index is -0.0164. The molecule has 3 N–H and O–H groups in total. The second kappa shape index (κ2) is 5.86. The van der Waals surface area contributed by atoms with Crippen molar-refractivity contribution in [2.24, 2.45) is 10.7 Å². The summed E-state index contributed by atoms with van der Waals surface area (Å²) in [5, 5.41) is 10.7. The van der Waals surface area contributed by atoms with Crippen LogP contribution in [0.1, 0.15) is 0 Å². The average Bonchev–Trinajstić information content (AvgIpc) is 2.01. The highest BCUT2D eigenvalue weighted by Gasteiger charge is 1.88. The highest BCUT2D eigenvalue weighted by molar-refractivity contribution is 6.30. The summed E-state index contributed by atoms with van der Waals surface area (Å²) in [6.45, 7) is 6.98. The van der Waals surface area contributed by atoms with Crippen molar-refractivity contribution in [2.45, 2.75) is 0 Å². The molecule has 0 aliphatic rings. The summed E-state index contributed by atoms with van der Waals surface area (Å²) in [4.78, 5) is 3.72. The fourth-order valence-corrected chi connectivity index (χ4v) is 0.527. The highest BCUT2D eigenvalue weighted by Crippen LogP contribution is 2.02. The Hall–Kier alpha value is -1.73. The second-order valence-corrected chi connectivity index (χ2v) is 2.49. The first kappa shape index (κ1) is 11.3. The van der Waals surface area contributed by atoms with E-state index in [-0.39, 0.29) is 5.96 Å². The van der Waals surface area contributed by atoms with Gasteiger partial charge in [0.1, 0.15) is 0 Å². The molecule has 0 rings (SSSR count). The molecule has 0 aliphatic carbocycles. The maximum atomic E-state index is 8.16. The zero-order valence-corrected chi connectivity index (χ0v) is 7.67. The summed E-state index contributed by atoms with van der Waals surface area (Å²) in [5.74, 6) is -0.0164. The molecule has 0 radical (unpaired) electrons. The standard InChI is InChI=1S/C8H9ClN4/c1-6(9)3-4-7(2)13-8(11)12-5-10/h3-4H,1-2H2,(H3,11,12,13)/b4-3-. The molecule has 0 aliphatic heterocycles. The topological polar surface area (TPSA) is 74.2 Å². The van der Waals surface area contributed by atoms with Crippen LogP contribution >= 0.6 is 11.6 Å². The Labute approximate surface area is 81.7 Å². The monoisotopic (exact) mass is 196 g/mol. The van der Waals surface area contributed by atoms with Crippen LogP contribution in [0.25, 0.3) is 0 Å². The van der Waals surface area contributed by atoms with Gasteiger partial charge in [0, 0.05) is 5.03 Å². The number of nitrogens with zero attached hydrogens (tertiary/aromatic N) is 2. The largest absolute Gasteiger partial charge is 0.369 e. The molecule has 0 saturated heterocycles. The molecule has 0 bridgehead atoms. The number of nitrogens with one attached hydrogen (secondary N) is 1. The molecule has 0 aromatic rings. The van der Waals surface area contributed by atoms with Crippen molar-refractivity contribution in [3.63, 3.8) is 0 Å². The van der Waals surface area contributed by atoms with E-state index in [9.17, 15) is 0 Å². The van der Waals surface area contributed by atoms with Crippen LogP contribution in [0, 0.1) is 11.5 Å². The third kappa shape index (κ3) is 6.66. The van der Waals surface area contributed by atoms with E-state index in [1.54, 1.807) is 6.19 Å². The van der Waals surface area contributed by atoms with Crippen LogP contribution in [0.4, 0.5) is 0 Å². The van der Waals surface area contributed by atoms with E-state index in [0.717, 1.165) is 0 Å². The third-order valence-corrected chi connectivity index (χ3v) is 1.03. The Bertz CT molecular complexity index is 309. The van der Waals surface area contributed by atoms with Crippen molar-refractivity contribution in [1.82, 2.24) is 5.32 Å². The first-order valence-corrected chi connectivity index (χ1v) is 3.64. The van der Waals surface area contributed by atoms with Gasteiger partial charge in [0.15, 0.2) is 6.19 Å². The number of hydrogen-bond donors (Lipinski definition) is 2. The average molecular weight is 197 g/mol. The molecular weight excluding hydrogens is 188 g/mol. The smallest absolute Gasteiger partial charge is 0.207 e. The molecule has 0 aromatic heterocycles. The van der Waals surface area contributed by atoms with Crippen LogP contribution in [-0.4, -0.2) is 5.96 Å². The Morgan fingerprint density at radius 1 is 1.54 bits per heavy atom. The van der Waals surface area contributed by atoms with Gasteiger partial charge in [0.2, 0.25) is 5.96 Å². The predicted molar refractivity (Wildman–Crippen MR) is 53.6 cm³/mol. The van der Waals surface area contributed by atoms with E-state index in [4.69, 9.17) is 22.6 Å². The second-order valence-electron chi connectivity index (χ2n) is 2.01. The number of allylic oxidation sites excluding steroid dienone is 3. The van der Waals surface area contributed by atoms with E-state index in [0.29, 0.717) is 10.7 Å². The molecule has 0 spiro atoms. The summed E-state index contributed by atoms with van der Waals surface area (Å²) in [7, 11) is 0. The van der Waals surface area contributed by atoms with Gasteiger partial charge in [0.05, 0.1) is 5.70 Å². The van der Waals surface area contributed by atoms with E-state index in [1.165, 1.54) is 12.2 Å². The fraction of sp³-hybridized carbons (Fsp3) is 0. The number of halogens is 1. The van der Waals surface area contributed by atoms with Gasteiger partial charge >= 0.3 is 0 Å². The first-order valence-electron chi connectivity index (χ1n) is 3.27. The highest BCUT2D eigenvalue weighted by atomic mass is 35.5. The maximum absolute atomic E-state index is 8.16. The van der Waals surface area contributed by atoms with Crippen molar-refractivity contribution < 1.29 is 0 Å². The van der Waals surface area contributed by atoms with E-state index in [1.807, 2.05) is 0 Å². The van der Waals surface area contributed by atoms with Gasteiger partial charge in [-0.25, -0.2) is 4.99 Å². The third-order valence-electron chi connectivity index (χ3n) is 0.905. The lowest BCUT2D eigenvalue weighted by molar-refractivity contribution is 1.20. The SMILES string of the molecule is C=C(Cl)/C=C\C(=C)N=C(N)NC#N. The van der Waals surface area contributed by atoms with Crippen molar-refractivity contribution in [2.75, 3.05) is 0 Å². The van der Waals surface area contributed by atoms with Crippen LogP contribution in [0.3, 0.4) is 0 Å². The van der Waals surface area contributed by atoms with Gasteiger partial charge in [-0.1, -0.05) is 24.8 Å². The predicted octanol–water partition coefficient (Wildman–Crippen LogP) is 1.19. The number of guanidine groups is 1. The Morgan fingerprint density at radius 3 is 2.62 bits per heavy atom. The lowest BCUT2D eigenvalue weighted by atomic mass is 10.4. The van der Waals surface area contributed by atoms with Gasteiger partial charge in [0.25, 0.3) is 0 Å². The van der Waals surface area contributed by atoms with Crippen molar-refractivity contribution >= 4 is 17.6 Å². The van der Waals surface area contributed by atoms with E-state index < -0.39 is 0 Å². The molecule has 0 amide bonds. The zero-order chi connectivity index (χ0) is 10.3. The van der Waals surface area contributed by atoms with Gasteiger partial charge < -0.3 is 5.73 Å². The lowest BCUT2D eigenvalue weighted by Gasteiger charge is -1.94. The number of nitriles is 1. The number of nitrogens with two attached hydrogens (primary N) is 1. The fourth-order valence-electron chi connectivity index (χ4n) is 0.464. The molecule has 0 unspecified atom stereocenters. The molecule has 4 nitrogen and oxygen atoms in total. The molecule has 0 saturated carbocycles. The van der Waals surface area contributed by atoms with Gasteiger partial charge in [-0.15, -0.1) is 0 Å². The minimum Gasteiger partial charge on any atom is -0.369 e. The normalized spacial score (nSPS) is 10.9. The van der Waals surface area contributed by atoms with Crippen LogP contribution in [0.2, 0.25) is 0 Å². The number of rotatable bonds is 3.